The van der Waals surface area contributed by atoms with Crippen LogP contribution in [0.4, 0.5) is 0 Å². The molecule has 4 aromatic rings. The Balaban J connectivity index is 1.26. The third-order valence-corrected chi connectivity index (χ3v) is 5.60. The number of hydrogen-bond donors (Lipinski definition) is 1. The second-order valence-electron chi connectivity index (χ2n) is 7.95. The van der Waals surface area contributed by atoms with Gasteiger partial charge in [-0.05, 0) is 49.7 Å². The molecule has 32 heavy (non-hydrogen) atoms. The summed E-state index contributed by atoms with van der Waals surface area (Å²) in [7, 11) is 0. The van der Waals surface area contributed by atoms with Crippen LogP contribution in [-0.2, 0) is 6.42 Å². The van der Waals surface area contributed by atoms with Crippen LogP contribution in [0.2, 0.25) is 0 Å². The molecule has 0 saturated heterocycles. The smallest absolute Gasteiger partial charge is 0.251 e. The number of nitrogens with one attached hydrogen (secondary N) is 1. The van der Waals surface area contributed by atoms with Gasteiger partial charge in [-0.25, -0.2) is 4.98 Å². The zero-order valence-corrected chi connectivity index (χ0v) is 18.0. The Kier molecular flexibility index (Phi) is 5.19. The molecular formula is C26H23N3O3. The summed E-state index contributed by atoms with van der Waals surface area (Å²) in [6, 6.07) is 17.2. The average Bonchev–Trinajstić information content (AvgIpc) is 3.49. The summed E-state index contributed by atoms with van der Waals surface area (Å²) in [5.41, 5.74) is 6.16. The van der Waals surface area contributed by atoms with Crippen molar-refractivity contribution in [2.24, 2.45) is 0 Å². The van der Waals surface area contributed by atoms with Crippen molar-refractivity contribution in [2.75, 3.05) is 6.54 Å². The standard InChI is InChI=1S/C26H23N3O3/c1-16-14-27-17(2)24(29-16)22-6-3-5-20-13-21(32-25(20)22)15-28-26(30)19-10-8-18(9-11-19)23-7-4-12-31-23/h3-12,14,21H,13,15H2,1-2H3,(H,28,30)/t21-/m0/s1. The van der Waals surface area contributed by atoms with E-state index in [1.54, 1.807) is 24.6 Å². The minimum Gasteiger partial charge on any atom is -0.487 e. The van der Waals surface area contributed by atoms with Crippen LogP contribution in [0.25, 0.3) is 22.6 Å². The Morgan fingerprint density at radius 3 is 2.72 bits per heavy atom. The first-order valence-corrected chi connectivity index (χ1v) is 10.6. The summed E-state index contributed by atoms with van der Waals surface area (Å²) < 4.78 is 11.6. The first-order chi connectivity index (χ1) is 15.6. The fourth-order valence-corrected chi connectivity index (χ4v) is 3.97. The summed E-state index contributed by atoms with van der Waals surface area (Å²) in [6.45, 7) is 4.30. The van der Waals surface area contributed by atoms with Crippen molar-refractivity contribution < 1.29 is 13.9 Å². The van der Waals surface area contributed by atoms with Crippen LogP contribution in [0.3, 0.4) is 0 Å². The molecule has 0 fully saturated rings. The lowest BCUT2D eigenvalue weighted by atomic mass is 10.0. The summed E-state index contributed by atoms with van der Waals surface area (Å²) in [5.74, 6) is 1.48. The van der Waals surface area contributed by atoms with Gasteiger partial charge in [0.2, 0.25) is 0 Å². The number of fused-ring (bicyclic) bond motifs is 1. The molecule has 6 heteroatoms. The molecule has 0 bridgehead atoms. The van der Waals surface area contributed by atoms with Crippen LogP contribution >= 0.6 is 0 Å². The van der Waals surface area contributed by atoms with E-state index >= 15 is 0 Å². The van der Waals surface area contributed by atoms with E-state index in [4.69, 9.17) is 9.15 Å². The molecule has 1 N–H and O–H groups in total. The number of furan rings is 1. The number of hydrogen-bond acceptors (Lipinski definition) is 5. The van der Waals surface area contributed by atoms with Crippen molar-refractivity contribution in [3.05, 3.63) is 89.6 Å². The quantitative estimate of drug-likeness (QED) is 0.499. The third kappa shape index (κ3) is 3.87. The molecule has 1 aliphatic heterocycles. The fourth-order valence-electron chi connectivity index (χ4n) is 3.97. The van der Waals surface area contributed by atoms with Gasteiger partial charge in [0.05, 0.1) is 29.9 Å². The SMILES string of the molecule is Cc1cnc(C)c(-c2cccc3c2O[C@H](CNC(=O)c2ccc(-c4ccco4)cc2)C3)n1. The van der Waals surface area contributed by atoms with Gasteiger partial charge in [0.1, 0.15) is 17.6 Å². The molecule has 2 aromatic heterocycles. The van der Waals surface area contributed by atoms with Gasteiger partial charge >= 0.3 is 0 Å². The Morgan fingerprint density at radius 2 is 1.94 bits per heavy atom. The van der Waals surface area contributed by atoms with Crippen molar-refractivity contribution in [1.29, 1.82) is 0 Å². The van der Waals surface area contributed by atoms with Gasteiger partial charge in [-0.1, -0.05) is 24.3 Å². The molecule has 0 unspecified atom stereocenters. The minimum absolute atomic E-state index is 0.129. The van der Waals surface area contributed by atoms with Gasteiger partial charge in [-0.15, -0.1) is 0 Å². The number of para-hydroxylation sites is 1. The van der Waals surface area contributed by atoms with Crippen LogP contribution < -0.4 is 10.1 Å². The van der Waals surface area contributed by atoms with Gasteiger partial charge in [-0.3, -0.25) is 9.78 Å². The summed E-state index contributed by atoms with van der Waals surface area (Å²) in [5, 5.41) is 2.99. The van der Waals surface area contributed by atoms with Gasteiger partial charge in [-0.2, -0.15) is 0 Å². The number of nitrogens with zero attached hydrogens (tertiary/aromatic N) is 2. The molecule has 160 valence electrons. The number of ether oxygens (including phenoxy) is 1. The zero-order valence-electron chi connectivity index (χ0n) is 18.0. The zero-order chi connectivity index (χ0) is 22.1. The highest BCUT2D eigenvalue weighted by molar-refractivity contribution is 5.94. The predicted molar refractivity (Wildman–Crippen MR) is 122 cm³/mol. The largest absolute Gasteiger partial charge is 0.487 e. The highest BCUT2D eigenvalue weighted by Crippen LogP contribution is 2.38. The van der Waals surface area contributed by atoms with Gasteiger partial charge < -0.3 is 14.5 Å². The molecular weight excluding hydrogens is 402 g/mol. The second kappa shape index (κ2) is 8.30. The lowest BCUT2D eigenvalue weighted by Crippen LogP contribution is -2.34. The van der Waals surface area contributed by atoms with E-state index in [-0.39, 0.29) is 12.0 Å². The van der Waals surface area contributed by atoms with Crippen molar-refractivity contribution in [2.45, 2.75) is 26.4 Å². The van der Waals surface area contributed by atoms with E-state index < -0.39 is 0 Å². The Hall–Kier alpha value is -3.93. The molecule has 0 radical (unpaired) electrons. The number of rotatable bonds is 5. The highest BCUT2D eigenvalue weighted by atomic mass is 16.5. The molecule has 3 heterocycles. The van der Waals surface area contributed by atoms with Crippen LogP contribution in [-0.4, -0.2) is 28.5 Å². The predicted octanol–water partition coefficient (Wildman–Crippen LogP) is 4.75. The molecule has 0 spiro atoms. The van der Waals surface area contributed by atoms with Gasteiger partial charge in [0, 0.05) is 29.3 Å². The molecule has 1 atom stereocenters. The maximum atomic E-state index is 12.6. The van der Waals surface area contributed by atoms with Crippen molar-refractivity contribution >= 4 is 5.91 Å². The molecule has 0 saturated carbocycles. The molecule has 1 amide bonds. The molecule has 0 aliphatic carbocycles. The Morgan fingerprint density at radius 1 is 1.09 bits per heavy atom. The summed E-state index contributed by atoms with van der Waals surface area (Å²) in [4.78, 5) is 21.7. The topological polar surface area (TPSA) is 77.2 Å². The van der Waals surface area contributed by atoms with Crippen molar-refractivity contribution in [1.82, 2.24) is 15.3 Å². The Bertz CT molecular complexity index is 1260. The average molecular weight is 425 g/mol. The number of carbonyl (C=O) groups is 1. The van der Waals surface area contributed by atoms with Crippen LogP contribution in [0, 0.1) is 13.8 Å². The molecule has 5 rings (SSSR count). The van der Waals surface area contributed by atoms with Crippen molar-refractivity contribution in [3.8, 4) is 28.3 Å². The maximum absolute atomic E-state index is 12.6. The van der Waals surface area contributed by atoms with Crippen molar-refractivity contribution in [3.63, 3.8) is 0 Å². The normalized spacial score (nSPS) is 14.6. The van der Waals surface area contributed by atoms with Crippen LogP contribution in [0.5, 0.6) is 5.75 Å². The van der Waals surface area contributed by atoms with E-state index in [2.05, 4.69) is 21.4 Å². The van der Waals surface area contributed by atoms with E-state index in [1.165, 1.54) is 0 Å². The van der Waals surface area contributed by atoms with Gasteiger partial charge in [0.25, 0.3) is 5.91 Å². The van der Waals surface area contributed by atoms with E-state index in [0.717, 1.165) is 51.7 Å². The maximum Gasteiger partial charge on any atom is 0.251 e. The number of aromatic nitrogens is 2. The number of amides is 1. The van der Waals surface area contributed by atoms with Gasteiger partial charge in [0.15, 0.2) is 0 Å². The molecule has 2 aromatic carbocycles. The van der Waals surface area contributed by atoms with Crippen LogP contribution in [0.1, 0.15) is 27.3 Å². The fraction of sp³-hybridized carbons (Fsp3) is 0.192. The monoisotopic (exact) mass is 425 g/mol. The number of benzene rings is 2. The van der Waals surface area contributed by atoms with E-state index in [9.17, 15) is 4.79 Å². The van der Waals surface area contributed by atoms with E-state index in [0.29, 0.717) is 12.1 Å². The van der Waals surface area contributed by atoms with E-state index in [1.807, 2.05) is 50.2 Å². The molecule has 1 aliphatic rings. The first-order valence-electron chi connectivity index (χ1n) is 10.6. The summed E-state index contributed by atoms with van der Waals surface area (Å²) >= 11 is 0. The third-order valence-electron chi connectivity index (χ3n) is 5.60. The number of carbonyl (C=O) groups excluding carboxylic acids is 1. The lowest BCUT2D eigenvalue weighted by molar-refractivity contribution is 0.0933. The first kappa shape index (κ1) is 20.0. The summed E-state index contributed by atoms with van der Waals surface area (Å²) in [6.07, 6.45) is 4.01. The molecule has 6 nitrogen and oxygen atoms in total. The van der Waals surface area contributed by atoms with Crippen LogP contribution in [0.15, 0.2) is 71.5 Å². The Labute approximate surface area is 186 Å². The highest BCUT2D eigenvalue weighted by Gasteiger charge is 2.27. The second-order valence-corrected chi connectivity index (χ2v) is 7.95. The minimum atomic E-state index is -0.129. The lowest BCUT2D eigenvalue weighted by Gasteiger charge is -2.14. The number of aryl methyl sites for hydroxylation is 2.